The van der Waals surface area contributed by atoms with E-state index in [1.807, 2.05) is 0 Å². The molecule has 0 aromatic heterocycles. The molecule has 4 N–H and O–H groups in total. The van der Waals surface area contributed by atoms with E-state index < -0.39 is 23.3 Å². The van der Waals surface area contributed by atoms with Gasteiger partial charge in [-0.2, -0.15) is 0 Å². The van der Waals surface area contributed by atoms with Crippen LogP contribution in [0.25, 0.3) is 0 Å². The van der Waals surface area contributed by atoms with E-state index >= 15 is 0 Å². The van der Waals surface area contributed by atoms with Crippen LogP contribution in [-0.4, -0.2) is 70.5 Å². The molecule has 10 atom stereocenters. The van der Waals surface area contributed by atoms with Crippen LogP contribution in [0.3, 0.4) is 0 Å². The quantitative estimate of drug-likeness (QED) is 0.427. The fourth-order valence-corrected chi connectivity index (χ4v) is 9.94. The fraction of sp³-hybridized carbons (Fsp3) is 0.531. The van der Waals surface area contributed by atoms with Crippen molar-refractivity contribution in [1.29, 1.82) is 0 Å². The summed E-state index contributed by atoms with van der Waals surface area (Å²) in [6.45, 7) is 3.93. The first-order valence-corrected chi connectivity index (χ1v) is 14.9. The molecule has 1 saturated carbocycles. The minimum Gasteiger partial charge on any atom is -0.392 e. The number of urea groups is 1. The molecule has 41 heavy (non-hydrogen) atoms. The number of anilines is 1. The molecule has 216 valence electrons. The van der Waals surface area contributed by atoms with Crippen LogP contribution < -0.4 is 15.5 Å². The zero-order chi connectivity index (χ0) is 28.8. The number of hydrogen-bond donors (Lipinski definition) is 4. The molecule has 9 nitrogen and oxygen atoms in total. The highest BCUT2D eigenvalue weighted by Gasteiger charge is 2.76. The number of para-hydroxylation sites is 1. The number of fused-ring (bicyclic) bond motifs is 2. The monoisotopic (exact) mass is 558 g/mol. The van der Waals surface area contributed by atoms with Crippen molar-refractivity contribution in [3.63, 3.8) is 0 Å². The molecule has 6 heterocycles. The van der Waals surface area contributed by atoms with Gasteiger partial charge < -0.3 is 15.1 Å². The number of piperidine rings is 4. The van der Waals surface area contributed by atoms with Crippen LogP contribution in [0.2, 0.25) is 0 Å². The lowest BCUT2D eigenvalue weighted by Crippen LogP contribution is -2.72. The van der Waals surface area contributed by atoms with Crippen LogP contribution in [0, 0.1) is 17.8 Å². The van der Waals surface area contributed by atoms with E-state index in [0.717, 1.165) is 19.3 Å². The van der Waals surface area contributed by atoms with Gasteiger partial charge in [0.05, 0.1) is 12.1 Å². The number of nitrogens with one attached hydrogen (secondary N) is 2. The van der Waals surface area contributed by atoms with E-state index in [9.17, 15) is 24.6 Å². The van der Waals surface area contributed by atoms with Crippen LogP contribution in [0.1, 0.15) is 50.7 Å². The second-order valence-corrected chi connectivity index (χ2v) is 12.7. The zero-order valence-corrected chi connectivity index (χ0v) is 23.7. The molecule has 1 spiro atoms. The molecule has 0 radical (unpaired) electrons. The molecule has 5 bridgehead atoms. The van der Waals surface area contributed by atoms with Crippen molar-refractivity contribution in [1.82, 2.24) is 15.5 Å². The van der Waals surface area contributed by atoms with Gasteiger partial charge in [-0.3, -0.25) is 25.1 Å². The van der Waals surface area contributed by atoms with Gasteiger partial charge >= 0.3 is 6.03 Å². The smallest absolute Gasteiger partial charge is 0.328 e. The molecule has 1 aliphatic carbocycles. The lowest BCUT2D eigenvalue weighted by atomic mass is 9.62. The van der Waals surface area contributed by atoms with Crippen molar-refractivity contribution in [2.24, 2.45) is 17.8 Å². The highest BCUT2D eigenvalue weighted by Crippen LogP contribution is 2.68. The van der Waals surface area contributed by atoms with Crippen LogP contribution in [0.15, 0.2) is 54.6 Å². The van der Waals surface area contributed by atoms with Crippen molar-refractivity contribution in [3.8, 4) is 0 Å². The van der Waals surface area contributed by atoms with E-state index in [1.165, 1.54) is 11.3 Å². The standard InChI is InChI=1S/C20H26N2O2.C12H12N2O3/c1-3-10-11-8-14-17-20(12-6-4-5-7-13(12)21(17)2)9-15(16(11)18(20)23)22(14)19(10)24;1-2-12(8-6-4-3-5-7-8)9(15)13-11(17)14-10(12)16/h4-7,10-11,14-19,23-24H,3,8-9H2,1-2H3;3-7H,2H2,1H3,(H2,13,14,15,16,17)/t10-,11-,14-,15-,16-,17-,18+,19+,20+;/m0./s1. The minimum atomic E-state index is -1.31. The summed E-state index contributed by atoms with van der Waals surface area (Å²) in [6.07, 6.45) is 2.85. The molecule has 1 unspecified atom stereocenters. The summed E-state index contributed by atoms with van der Waals surface area (Å²) >= 11 is 0. The number of aliphatic hydroxyl groups is 2. The average molecular weight is 559 g/mol. The Hall–Kier alpha value is -3.27. The summed E-state index contributed by atoms with van der Waals surface area (Å²) in [5.41, 5.74) is 1.79. The largest absolute Gasteiger partial charge is 0.392 e. The van der Waals surface area contributed by atoms with Crippen molar-refractivity contribution in [2.75, 3.05) is 11.9 Å². The van der Waals surface area contributed by atoms with Gasteiger partial charge in [0.2, 0.25) is 11.8 Å². The van der Waals surface area contributed by atoms with Crippen LogP contribution in [0.5, 0.6) is 0 Å². The molecule has 7 aliphatic rings. The van der Waals surface area contributed by atoms with Gasteiger partial charge in [0, 0.05) is 42.1 Å². The van der Waals surface area contributed by atoms with Gasteiger partial charge in [0.25, 0.3) is 0 Å². The first-order valence-electron chi connectivity index (χ1n) is 14.9. The van der Waals surface area contributed by atoms with Gasteiger partial charge in [0.1, 0.15) is 6.23 Å². The Kier molecular flexibility index (Phi) is 5.92. The number of aliphatic hydroxyl groups excluding tert-OH is 2. The van der Waals surface area contributed by atoms with E-state index in [-0.39, 0.29) is 17.7 Å². The van der Waals surface area contributed by atoms with Crippen molar-refractivity contribution in [2.45, 2.75) is 80.8 Å². The third kappa shape index (κ3) is 3.20. The molecule has 2 aromatic carbocycles. The normalized spacial score (nSPS) is 40.4. The number of hydrogen-bond acceptors (Lipinski definition) is 7. The minimum absolute atomic E-state index is 0.126. The Morgan fingerprint density at radius 3 is 2.24 bits per heavy atom. The third-order valence-electron chi connectivity index (χ3n) is 11.5. The average Bonchev–Trinajstić information content (AvgIpc) is 3.36. The Morgan fingerprint density at radius 2 is 1.59 bits per heavy atom. The third-order valence-corrected chi connectivity index (χ3v) is 11.5. The van der Waals surface area contributed by atoms with Crippen molar-refractivity contribution >= 4 is 23.5 Å². The summed E-state index contributed by atoms with van der Waals surface area (Å²) in [4.78, 5) is 39.8. The number of nitrogens with zero attached hydrogens (tertiary/aromatic N) is 2. The molecular formula is C32H38N4O5. The number of barbiturate groups is 1. The second-order valence-electron chi connectivity index (χ2n) is 12.7. The summed E-state index contributed by atoms with van der Waals surface area (Å²) < 4.78 is 0. The first kappa shape index (κ1) is 26.6. The summed E-state index contributed by atoms with van der Waals surface area (Å²) in [6, 6.07) is 17.7. The number of benzene rings is 2. The Balaban J connectivity index is 0.000000144. The predicted octanol–water partition coefficient (Wildman–Crippen LogP) is 2.25. The maximum Gasteiger partial charge on any atom is 0.328 e. The van der Waals surface area contributed by atoms with Crippen LogP contribution in [0.4, 0.5) is 10.5 Å². The Labute approximate surface area is 239 Å². The number of imide groups is 2. The van der Waals surface area contributed by atoms with Crippen LogP contribution >= 0.6 is 0 Å². The summed E-state index contributed by atoms with van der Waals surface area (Å²) in [7, 11) is 2.19. The molecule has 4 amide bonds. The van der Waals surface area contributed by atoms with E-state index in [1.54, 1.807) is 37.3 Å². The number of carbonyl (C=O) groups is 3. The molecule has 9 rings (SSSR count). The van der Waals surface area contributed by atoms with E-state index in [4.69, 9.17) is 0 Å². The molecule has 6 fully saturated rings. The SMILES string of the molecule is CCC1(c2ccccc2)C(=O)NC(=O)NC1=O.CC[C@H]1[C@@H]2C[C@H]3[C@@H]4N(C)c5ccccc5[C@]45C[C@@H]([C@H]2[C@H]5O)N3[C@@H]1O. The fourth-order valence-electron chi connectivity index (χ4n) is 9.94. The topological polar surface area (TPSA) is 122 Å². The lowest BCUT2D eigenvalue weighted by Gasteiger charge is -2.62. The van der Waals surface area contributed by atoms with Gasteiger partial charge in [-0.15, -0.1) is 0 Å². The summed E-state index contributed by atoms with van der Waals surface area (Å²) in [5.74, 6) is -0.00345. The van der Waals surface area contributed by atoms with Crippen LogP contribution in [-0.2, 0) is 20.4 Å². The number of amides is 4. The Morgan fingerprint density at radius 1 is 0.927 bits per heavy atom. The molecular weight excluding hydrogens is 520 g/mol. The lowest BCUT2D eigenvalue weighted by molar-refractivity contribution is -0.211. The number of likely N-dealkylation sites (N-methyl/N-ethyl adjacent to an activating group) is 1. The Bertz CT molecular complexity index is 1400. The summed E-state index contributed by atoms with van der Waals surface area (Å²) in [5, 5.41) is 26.9. The number of rotatable bonds is 3. The van der Waals surface area contributed by atoms with Gasteiger partial charge in [0.15, 0.2) is 5.41 Å². The number of carbonyl (C=O) groups excluding carboxylic acids is 3. The maximum absolute atomic E-state index is 12.0. The van der Waals surface area contributed by atoms with Gasteiger partial charge in [-0.1, -0.05) is 62.4 Å². The van der Waals surface area contributed by atoms with E-state index in [0.29, 0.717) is 47.9 Å². The highest BCUT2D eigenvalue weighted by molar-refractivity contribution is 6.22. The zero-order valence-electron chi connectivity index (χ0n) is 23.7. The first-order chi connectivity index (χ1) is 19.7. The molecule has 9 heteroatoms. The predicted molar refractivity (Wildman–Crippen MR) is 152 cm³/mol. The molecule has 6 aliphatic heterocycles. The van der Waals surface area contributed by atoms with Gasteiger partial charge in [-0.05, 0) is 48.8 Å². The molecule has 5 saturated heterocycles. The van der Waals surface area contributed by atoms with Gasteiger partial charge in [-0.25, -0.2) is 4.79 Å². The van der Waals surface area contributed by atoms with Crippen molar-refractivity contribution < 1.29 is 24.6 Å². The highest BCUT2D eigenvalue weighted by atomic mass is 16.3. The van der Waals surface area contributed by atoms with E-state index in [2.05, 4.69) is 58.7 Å². The maximum atomic E-state index is 12.0. The molecule has 2 aromatic rings. The second kappa shape index (κ2) is 9.11. The van der Waals surface area contributed by atoms with Crippen molar-refractivity contribution in [3.05, 3.63) is 65.7 Å².